The Hall–Kier alpha value is -3.20. The molecule has 2 aromatic carbocycles. The van der Waals surface area contributed by atoms with Crippen molar-refractivity contribution in [1.82, 2.24) is 0 Å². The molecule has 0 saturated carbocycles. The van der Waals surface area contributed by atoms with Crippen LogP contribution in [-0.4, -0.2) is 18.7 Å². The van der Waals surface area contributed by atoms with Crippen molar-refractivity contribution in [2.24, 2.45) is 5.92 Å². The van der Waals surface area contributed by atoms with Gasteiger partial charge in [0.2, 0.25) is 0 Å². The van der Waals surface area contributed by atoms with E-state index in [9.17, 15) is 9.59 Å². The number of rotatable bonds is 11. The van der Waals surface area contributed by atoms with Crippen molar-refractivity contribution in [1.29, 1.82) is 0 Å². The topological polar surface area (TPSA) is 43.4 Å². The molecule has 3 nitrogen and oxygen atoms in total. The van der Waals surface area contributed by atoms with Crippen LogP contribution >= 0.6 is 0 Å². The summed E-state index contributed by atoms with van der Waals surface area (Å²) in [5.41, 5.74) is 5.56. The fourth-order valence-electron chi connectivity index (χ4n) is 4.21. The quantitative estimate of drug-likeness (QED) is 0.428. The molecule has 0 N–H and O–H groups in total. The molecule has 1 aliphatic carbocycles. The maximum atomic E-state index is 12.8. The van der Waals surface area contributed by atoms with Crippen LogP contribution in [0.4, 0.5) is 0 Å². The van der Waals surface area contributed by atoms with E-state index in [1.54, 1.807) is 14.0 Å². The first-order valence-electron chi connectivity index (χ1n) is 10.8. The van der Waals surface area contributed by atoms with Crippen LogP contribution in [0.5, 0.6) is 5.75 Å². The van der Waals surface area contributed by atoms with Crippen molar-refractivity contribution in [2.75, 3.05) is 7.11 Å². The van der Waals surface area contributed by atoms with E-state index >= 15 is 0 Å². The maximum absolute atomic E-state index is 12.8. The van der Waals surface area contributed by atoms with Crippen LogP contribution in [0.3, 0.4) is 0 Å². The smallest absolute Gasteiger partial charge is 0.137 e. The summed E-state index contributed by atoms with van der Waals surface area (Å²) in [6.07, 6.45) is 9.06. The minimum absolute atomic E-state index is 0.102. The Morgan fingerprint density at radius 1 is 1.06 bits per heavy atom. The van der Waals surface area contributed by atoms with Crippen molar-refractivity contribution in [2.45, 2.75) is 39.0 Å². The average molecular weight is 415 g/mol. The molecule has 0 aliphatic heterocycles. The fraction of sp³-hybridized carbons (Fsp3) is 0.286. The third kappa shape index (κ3) is 5.91. The molecule has 0 amide bonds. The molecule has 3 rings (SSSR count). The van der Waals surface area contributed by atoms with E-state index in [1.807, 2.05) is 30.3 Å². The van der Waals surface area contributed by atoms with Gasteiger partial charge < -0.3 is 4.74 Å². The van der Waals surface area contributed by atoms with Crippen molar-refractivity contribution >= 4 is 17.1 Å². The van der Waals surface area contributed by atoms with Gasteiger partial charge in [-0.25, -0.2) is 0 Å². The van der Waals surface area contributed by atoms with Crippen LogP contribution in [0.15, 0.2) is 78.9 Å². The van der Waals surface area contributed by atoms with Crippen LogP contribution < -0.4 is 4.74 Å². The number of carbonyl (C=O) groups excluding carboxylic acids is 2. The molecule has 1 atom stereocenters. The molecule has 0 saturated heterocycles. The number of Topliss-reactive ketones (excluding diaryl/α,β-unsaturated/α-hetero) is 2. The second kappa shape index (κ2) is 10.7. The number of hydrogen-bond acceptors (Lipinski definition) is 3. The zero-order chi connectivity index (χ0) is 22.2. The monoisotopic (exact) mass is 414 g/mol. The molecule has 0 spiro atoms. The van der Waals surface area contributed by atoms with Gasteiger partial charge in [-0.2, -0.15) is 0 Å². The molecule has 1 unspecified atom stereocenters. The molecular weight excluding hydrogens is 384 g/mol. The van der Waals surface area contributed by atoms with Crippen molar-refractivity contribution < 1.29 is 14.3 Å². The summed E-state index contributed by atoms with van der Waals surface area (Å²) >= 11 is 0. The Morgan fingerprint density at radius 3 is 2.52 bits per heavy atom. The Bertz CT molecular complexity index is 1010. The first kappa shape index (κ1) is 22.5. The first-order chi connectivity index (χ1) is 15.0. The molecule has 0 aromatic heterocycles. The number of benzene rings is 2. The minimum atomic E-state index is 0.102. The van der Waals surface area contributed by atoms with E-state index in [4.69, 9.17) is 4.74 Å². The molecule has 31 heavy (non-hydrogen) atoms. The predicted octanol–water partition coefficient (Wildman–Crippen LogP) is 5.93. The summed E-state index contributed by atoms with van der Waals surface area (Å²) in [6, 6.07) is 16.0. The van der Waals surface area contributed by atoms with Gasteiger partial charge in [-0.15, -0.1) is 6.58 Å². The third-order valence-corrected chi connectivity index (χ3v) is 5.69. The van der Waals surface area contributed by atoms with Crippen molar-refractivity contribution in [3.05, 3.63) is 95.6 Å². The minimum Gasteiger partial charge on any atom is -0.496 e. The number of ether oxygens (including phenoxy) is 1. The summed E-state index contributed by atoms with van der Waals surface area (Å²) in [5.74, 6) is 1.25. The van der Waals surface area contributed by atoms with E-state index in [2.05, 4.69) is 43.0 Å². The lowest BCUT2D eigenvalue weighted by Gasteiger charge is -2.18. The molecule has 0 bridgehead atoms. The second-order valence-corrected chi connectivity index (χ2v) is 8.05. The summed E-state index contributed by atoms with van der Waals surface area (Å²) in [7, 11) is 1.61. The van der Waals surface area contributed by atoms with Crippen LogP contribution in [0, 0.1) is 5.92 Å². The van der Waals surface area contributed by atoms with Gasteiger partial charge in [-0.1, -0.05) is 66.3 Å². The Labute approximate surface area is 185 Å². The van der Waals surface area contributed by atoms with E-state index in [1.165, 1.54) is 16.7 Å². The van der Waals surface area contributed by atoms with Gasteiger partial charge in [0.25, 0.3) is 0 Å². The number of hydrogen-bond donors (Lipinski definition) is 0. The molecule has 0 radical (unpaired) electrons. The number of ketones is 2. The highest BCUT2D eigenvalue weighted by atomic mass is 16.5. The normalized spacial score (nSPS) is 15.2. The molecule has 3 heteroatoms. The molecule has 1 aliphatic rings. The lowest BCUT2D eigenvalue weighted by atomic mass is 9.85. The zero-order valence-corrected chi connectivity index (χ0v) is 18.4. The lowest BCUT2D eigenvalue weighted by molar-refractivity contribution is -0.118. The highest BCUT2D eigenvalue weighted by Crippen LogP contribution is 2.39. The standard InChI is InChI=1S/C28H30O3/c1-4-8-26-23(13-15-27(26)22-9-6-5-7-10-22)12-14-25(30)19-24-18-21(17-20(2)29)11-16-28(24)31-3/h4-7,9-11,13,15-16,18,26H,1,8,12,14,17,19H2,2-3H3. The van der Waals surface area contributed by atoms with Gasteiger partial charge >= 0.3 is 0 Å². The zero-order valence-electron chi connectivity index (χ0n) is 18.4. The number of allylic oxidation sites excluding steroid dienone is 5. The highest BCUT2D eigenvalue weighted by Gasteiger charge is 2.23. The Balaban J connectivity index is 1.64. The molecule has 0 fully saturated rings. The predicted molar refractivity (Wildman–Crippen MR) is 126 cm³/mol. The van der Waals surface area contributed by atoms with E-state index in [0.717, 1.165) is 24.0 Å². The molecule has 2 aromatic rings. The summed E-state index contributed by atoms with van der Waals surface area (Å²) in [5, 5.41) is 0. The van der Waals surface area contributed by atoms with Gasteiger partial charge in [0.15, 0.2) is 0 Å². The van der Waals surface area contributed by atoms with E-state index < -0.39 is 0 Å². The van der Waals surface area contributed by atoms with Gasteiger partial charge in [-0.3, -0.25) is 9.59 Å². The van der Waals surface area contributed by atoms with Gasteiger partial charge in [0.1, 0.15) is 17.3 Å². The first-order valence-corrected chi connectivity index (χ1v) is 10.8. The molecule has 0 heterocycles. The number of carbonyl (C=O) groups is 2. The molecule has 160 valence electrons. The van der Waals surface area contributed by atoms with Crippen LogP contribution in [-0.2, 0) is 22.4 Å². The summed E-state index contributed by atoms with van der Waals surface area (Å²) in [4.78, 5) is 24.2. The number of methoxy groups -OCH3 is 1. The third-order valence-electron chi connectivity index (χ3n) is 5.69. The summed E-state index contributed by atoms with van der Waals surface area (Å²) < 4.78 is 5.43. The average Bonchev–Trinajstić information content (AvgIpc) is 3.15. The fourth-order valence-corrected chi connectivity index (χ4v) is 4.21. The molecular formula is C28H30O3. The lowest BCUT2D eigenvalue weighted by Crippen LogP contribution is -2.09. The highest BCUT2D eigenvalue weighted by molar-refractivity contribution is 5.83. The van der Waals surface area contributed by atoms with Gasteiger partial charge in [-0.05, 0) is 42.5 Å². The van der Waals surface area contributed by atoms with Gasteiger partial charge in [0.05, 0.1) is 7.11 Å². The van der Waals surface area contributed by atoms with Gasteiger partial charge in [0, 0.05) is 30.7 Å². The van der Waals surface area contributed by atoms with Crippen LogP contribution in [0.25, 0.3) is 5.57 Å². The Morgan fingerprint density at radius 2 is 1.84 bits per heavy atom. The Kier molecular flexibility index (Phi) is 7.77. The largest absolute Gasteiger partial charge is 0.496 e. The van der Waals surface area contributed by atoms with Crippen LogP contribution in [0.1, 0.15) is 42.9 Å². The summed E-state index contributed by atoms with van der Waals surface area (Å²) in [6.45, 7) is 5.50. The van der Waals surface area contributed by atoms with Crippen molar-refractivity contribution in [3.8, 4) is 5.75 Å². The SMILES string of the molecule is C=CCC1C(CCC(=O)Cc2cc(CC(C)=O)ccc2OC)=CC=C1c1ccccc1. The second-order valence-electron chi connectivity index (χ2n) is 8.05. The van der Waals surface area contributed by atoms with Crippen LogP contribution in [0.2, 0.25) is 0 Å². The van der Waals surface area contributed by atoms with E-state index in [-0.39, 0.29) is 17.5 Å². The van der Waals surface area contributed by atoms with E-state index in [0.29, 0.717) is 25.0 Å². The van der Waals surface area contributed by atoms with Crippen molar-refractivity contribution in [3.63, 3.8) is 0 Å². The maximum Gasteiger partial charge on any atom is 0.137 e.